The van der Waals surface area contributed by atoms with Crippen molar-refractivity contribution >= 4 is 195 Å². The normalized spacial score (nSPS) is 11.0. The number of hydrogen-bond acceptors (Lipinski definition) is 10. The number of fused-ring (bicyclic) bond motifs is 15. The van der Waals surface area contributed by atoms with Crippen LogP contribution in [-0.2, 0) is 0 Å². The second-order valence-corrected chi connectivity index (χ2v) is 30.3. The van der Waals surface area contributed by atoms with Crippen molar-refractivity contribution < 1.29 is 8.83 Å². The Bertz CT molecular complexity index is 6600. The minimum Gasteiger partial charge on any atom is -0.456 e. The van der Waals surface area contributed by atoms with E-state index in [4.69, 9.17) is 8.83 Å². The Kier molecular flexibility index (Phi) is 20.2. The van der Waals surface area contributed by atoms with E-state index >= 15 is 0 Å². The summed E-state index contributed by atoms with van der Waals surface area (Å²) in [6, 6.07) is 143. The molecule has 7 nitrogen and oxygen atoms in total. The van der Waals surface area contributed by atoms with E-state index in [9.17, 15) is 0 Å². The third-order valence-electron chi connectivity index (χ3n) is 19.7. The molecule has 0 unspecified atom stereocenters. The summed E-state index contributed by atoms with van der Waals surface area (Å²) in [7, 11) is 0. The summed E-state index contributed by atoms with van der Waals surface area (Å²) >= 11 is 5.54. The number of hydrogen-bond donors (Lipinski definition) is 5. The monoisotopic (exact) mass is 1500 g/mol. The maximum Gasteiger partial charge on any atom is 0.135 e. The van der Waals surface area contributed by atoms with Gasteiger partial charge in [0.1, 0.15) is 22.3 Å². The predicted octanol–water partition coefficient (Wildman–Crippen LogP) is 31.4. The van der Waals surface area contributed by atoms with Crippen molar-refractivity contribution in [1.82, 2.24) is 0 Å². The van der Waals surface area contributed by atoms with Crippen LogP contribution in [-0.4, -0.2) is 0 Å². The second kappa shape index (κ2) is 32.4. The Balaban J connectivity index is 0.0000000983. The summed E-state index contributed by atoms with van der Waals surface area (Å²) in [4.78, 5) is 0. The molecule has 22 rings (SSSR count). The van der Waals surface area contributed by atoms with E-state index in [-0.39, 0.29) is 0 Å². The molecular weight excluding hydrogens is 1420 g/mol. The summed E-state index contributed by atoms with van der Waals surface area (Å²) in [5.74, 6) is 0. The third kappa shape index (κ3) is 15.7. The first-order chi connectivity index (χ1) is 55.4. The van der Waals surface area contributed by atoms with Gasteiger partial charge in [-0.25, -0.2) is 0 Å². The number of anilines is 10. The van der Waals surface area contributed by atoms with Crippen LogP contribution in [0.4, 0.5) is 56.9 Å². The fraction of sp³-hybridized carbons (Fsp3) is 0. The van der Waals surface area contributed by atoms with E-state index in [2.05, 4.69) is 318 Å². The van der Waals surface area contributed by atoms with Crippen LogP contribution in [0.25, 0.3) is 127 Å². The van der Waals surface area contributed by atoms with Crippen LogP contribution in [0, 0.1) is 0 Å². The van der Waals surface area contributed by atoms with Gasteiger partial charge >= 0.3 is 0 Å². The van der Waals surface area contributed by atoms with Gasteiger partial charge < -0.3 is 35.4 Å². The minimum atomic E-state index is 0.913. The van der Waals surface area contributed by atoms with E-state index in [0.29, 0.717) is 0 Å². The van der Waals surface area contributed by atoms with Crippen molar-refractivity contribution in [3.8, 4) is 22.3 Å². The van der Waals surface area contributed by atoms with Gasteiger partial charge in [-0.3, -0.25) is 0 Å². The van der Waals surface area contributed by atoms with Gasteiger partial charge in [-0.1, -0.05) is 243 Å². The molecule has 5 N–H and O–H groups in total. The number of benzene rings is 17. The quantitative estimate of drug-likeness (QED) is 0.0833. The van der Waals surface area contributed by atoms with Gasteiger partial charge in [-0.15, -0.1) is 34.0 Å². The molecule has 0 radical (unpaired) electrons. The molecule has 0 aliphatic heterocycles. The lowest BCUT2D eigenvalue weighted by atomic mass is 10.1. The summed E-state index contributed by atoms with van der Waals surface area (Å²) in [5.41, 5.74) is 19.6. The summed E-state index contributed by atoms with van der Waals surface area (Å²) in [6.07, 6.45) is 0. The van der Waals surface area contributed by atoms with E-state index in [0.717, 1.165) is 95.1 Å². The molecule has 5 aromatic heterocycles. The maximum absolute atomic E-state index is 5.89. The highest BCUT2D eigenvalue weighted by molar-refractivity contribution is 7.27. The molecule has 0 amide bonds. The summed E-state index contributed by atoms with van der Waals surface area (Å²) in [6.45, 7) is 0. The van der Waals surface area contributed by atoms with Gasteiger partial charge in [0.25, 0.3) is 0 Å². The average molecular weight is 1500 g/mol. The first kappa shape index (κ1) is 69.7. The first-order valence-corrected chi connectivity index (χ1v) is 39.8. The maximum atomic E-state index is 5.89. The van der Waals surface area contributed by atoms with Crippen LogP contribution in [0.2, 0.25) is 0 Å². The zero-order valence-corrected chi connectivity index (χ0v) is 63.3. The fourth-order valence-corrected chi connectivity index (χ4v) is 17.5. The minimum absolute atomic E-state index is 0.913. The summed E-state index contributed by atoms with van der Waals surface area (Å²) in [5, 5.41) is 29.9. The Morgan fingerprint density at radius 2 is 0.438 bits per heavy atom. The lowest BCUT2D eigenvalue weighted by Gasteiger charge is -2.08. The Hall–Kier alpha value is -14.0. The van der Waals surface area contributed by atoms with Crippen LogP contribution in [0.1, 0.15) is 0 Å². The molecule has 0 saturated heterocycles. The molecule has 0 atom stereocenters. The van der Waals surface area contributed by atoms with Crippen LogP contribution in [0.3, 0.4) is 0 Å². The average Bonchev–Trinajstić information content (AvgIpc) is 1.65. The highest BCUT2D eigenvalue weighted by atomic mass is 32.1. The number of nitrogens with one attached hydrogen (secondary N) is 5. The van der Waals surface area contributed by atoms with E-state index in [1.54, 1.807) is 0 Å². The molecule has 0 aliphatic carbocycles. The van der Waals surface area contributed by atoms with Gasteiger partial charge in [0, 0.05) is 129 Å². The largest absolute Gasteiger partial charge is 0.456 e. The Labute approximate surface area is 660 Å². The van der Waals surface area contributed by atoms with Gasteiger partial charge in [-0.05, 0) is 192 Å². The van der Waals surface area contributed by atoms with Crippen molar-refractivity contribution in [2.24, 2.45) is 0 Å². The molecule has 22 aromatic rings. The predicted molar refractivity (Wildman–Crippen MR) is 485 cm³/mol. The molecule has 0 saturated carbocycles. The van der Waals surface area contributed by atoms with Crippen molar-refractivity contribution in [2.45, 2.75) is 0 Å². The van der Waals surface area contributed by atoms with Crippen LogP contribution in [0.5, 0.6) is 0 Å². The molecule has 0 aliphatic rings. The van der Waals surface area contributed by atoms with Crippen LogP contribution < -0.4 is 26.6 Å². The molecule has 17 aromatic carbocycles. The van der Waals surface area contributed by atoms with Crippen molar-refractivity contribution in [3.63, 3.8) is 0 Å². The smallest absolute Gasteiger partial charge is 0.135 e. The fourth-order valence-electron chi connectivity index (χ4n) is 14.2. The highest BCUT2D eigenvalue weighted by Crippen LogP contribution is 2.42. The topological polar surface area (TPSA) is 86.4 Å². The zero-order chi connectivity index (χ0) is 74.8. The van der Waals surface area contributed by atoms with Crippen LogP contribution >= 0.6 is 34.0 Å². The zero-order valence-electron chi connectivity index (χ0n) is 60.8. The number of furan rings is 2. The molecule has 5 heterocycles. The lowest BCUT2D eigenvalue weighted by molar-refractivity contribution is 0.668. The van der Waals surface area contributed by atoms with Crippen LogP contribution in [0.15, 0.2) is 421 Å². The standard InChI is InChI=1S/C24H17NO.C24H17NS.C18H13NO.2C18H13NS/c2*1-2-6-17(7-3-1)18-10-12-19(13-11-18)25-20-14-15-24-22(16-20)21-8-4-5-9-23(21)26-24;1-2-6-13(7-3-1)19-14-10-11-18-16(12-14)15-8-4-5-9-17(15)20-18;1-2-7-13(8-3-1)19-16-11-6-10-15-14-9-4-5-12-17(14)20-18(15)16;1-2-6-13(7-3-1)19-14-10-11-18-16(12-14)15-8-4-5-9-17(15)20-18/h2*1-16,25H;3*1-12,19H. The van der Waals surface area contributed by atoms with Crippen molar-refractivity contribution in [3.05, 3.63) is 413 Å². The van der Waals surface area contributed by atoms with Gasteiger partial charge in [0.2, 0.25) is 0 Å². The molecule has 0 bridgehead atoms. The summed E-state index contributed by atoms with van der Waals surface area (Å²) < 4.78 is 19.7. The van der Waals surface area contributed by atoms with E-state index < -0.39 is 0 Å². The third-order valence-corrected chi connectivity index (χ3v) is 23.2. The Morgan fingerprint density at radius 1 is 0.161 bits per heavy atom. The molecule has 10 heteroatoms. The van der Waals surface area contributed by atoms with Gasteiger partial charge in [-0.2, -0.15) is 0 Å². The van der Waals surface area contributed by atoms with E-state index in [1.165, 1.54) is 88.5 Å². The first-order valence-electron chi connectivity index (χ1n) is 37.3. The molecule has 112 heavy (non-hydrogen) atoms. The number of rotatable bonds is 12. The van der Waals surface area contributed by atoms with Gasteiger partial charge in [0.15, 0.2) is 0 Å². The Morgan fingerprint density at radius 3 is 0.857 bits per heavy atom. The molecule has 536 valence electrons. The second-order valence-electron chi connectivity index (χ2n) is 27.1. The van der Waals surface area contributed by atoms with E-state index in [1.807, 2.05) is 155 Å². The number of thiophene rings is 3. The van der Waals surface area contributed by atoms with Crippen molar-refractivity contribution in [1.29, 1.82) is 0 Å². The molecular formula is C102H73N5O2S3. The van der Waals surface area contributed by atoms with Crippen molar-refractivity contribution in [2.75, 3.05) is 26.6 Å². The highest BCUT2D eigenvalue weighted by Gasteiger charge is 2.13. The SMILES string of the molecule is c1ccc(-c2ccc(Nc3ccc4oc5ccccc5c4c3)cc2)cc1.c1ccc(-c2ccc(Nc3ccc4sc5ccccc5c4c3)cc2)cc1.c1ccc(Nc2ccc3oc4ccccc4c3c2)cc1.c1ccc(Nc2ccc3sc4ccccc4c3c2)cc1.c1ccc(Nc2cccc3c2sc2ccccc23)cc1. The lowest BCUT2D eigenvalue weighted by Crippen LogP contribution is -1.89. The molecule has 0 fully saturated rings. The number of para-hydroxylation sites is 5. The molecule has 0 spiro atoms. The van der Waals surface area contributed by atoms with Gasteiger partial charge in [0.05, 0.1) is 10.4 Å².